The van der Waals surface area contributed by atoms with Crippen LogP contribution in [0.1, 0.15) is 22.3 Å². The molecule has 6 N–H and O–H groups in total. The Labute approximate surface area is 78.9 Å². The number of hydrogen-bond acceptors (Lipinski definition) is 3. The van der Waals surface area contributed by atoms with Crippen LogP contribution in [-0.4, -0.2) is 0 Å². The molecular formula is C10H17N3. The molecule has 0 aliphatic carbocycles. The molecule has 0 atom stereocenters. The van der Waals surface area contributed by atoms with Crippen LogP contribution < -0.4 is 17.2 Å². The van der Waals surface area contributed by atoms with E-state index in [0.29, 0.717) is 13.1 Å². The average Bonchev–Trinajstić information content (AvgIpc) is 2.13. The molecule has 0 fully saturated rings. The average molecular weight is 179 g/mol. The number of hydrogen-bond donors (Lipinski definition) is 3. The van der Waals surface area contributed by atoms with Crippen LogP contribution in [0.4, 0.5) is 5.69 Å². The van der Waals surface area contributed by atoms with Gasteiger partial charge >= 0.3 is 0 Å². The zero-order valence-electron chi connectivity index (χ0n) is 8.22. The molecule has 3 heteroatoms. The number of anilines is 1. The van der Waals surface area contributed by atoms with Crippen LogP contribution >= 0.6 is 0 Å². The summed E-state index contributed by atoms with van der Waals surface area (Å²) in [5, 5.41) is 0. The zero-order chi connectivity index (χ0) is 10.0. The summed E-state index contributed by atoms with van der Waals surface area (Å²) >= 11 is 0. The first kappa shape index (κ1) is 10.0. The third-order valence-electron chi connectivity index (χ3n) is 2.59. The summed E-state index contributed by atoms with van der Waals surface area (Å²) in [6.07, 6.45) is 0. The predicted molar refractivity (Wildman–Crippen MR) is 56.1 cm³/mol. The van der Waals surface area contributed by atoms with E-state index in [1.807, 2.05) is 19.9 Å². The molecule has 1 aromatic rings. The molecule has 0 heterocycles. The van der Waals surface area contributed by atoms with Gasteiger partial charge in [0.2, 0.25) is 0 Å². The van der Waals surface area contributed by atoms with Gasteiger partial charge in [-0.1, -0.05) is 0 Å². The van der Waals surface area contributed by atoms with Gasteiger partial charge in [-0.05, 0) is 42.2 Å². The molecule has 3 nitrogen and oxygen atoms in total. The van der Waals surface area contributed by atoms with Crippen molar-refractivity contribution in [1.29, 1.82) is 0 Å². The van der Waals surface area contributed by atoms with Crippen LogP contribution in [0.5, 0.6) is 0 Å². The summed E-state index contributed by atoms with van der Waals surface area (Å²) in [4.78, 5) is 0. The molecule has 0 unspecified atom stereocenters. The highest BCUT2D eigenvalue weighted by Crippen LogP contribution is 2.23. The van der Waals surface area contributed by atoms with Crippen molar-refractivity contribution in [1.82, 2.24) is 0 Å². The van der Waals surface area contributed by atoms with Gasteiger partial charge in [0.05, 0.1) is 0 Å². The minimum Gasteiger partial charge on any atom is -0.398 e. The molecule has 0 saturated heterocycles. The lowest BCUT2D eigenvalue weighted by molar-refractivity contribution is 0.960. The van der Waals surface area contributed by atoms with E-state index in [2.05, 4.69) is 0 Å². The minimum atomic E-state index is 0.498. The molecular weight excluding hydrogens is 162 g/mol. The normalized spacial score (nSPS) is 10.5. The fourth-order valence-electron chi connectivity index (χ4n) is 1.53. The quantitative estimate of drug-likeness (QED) is 0.588. The van der Waals surface area contributed by atoms with Crippen molar-refractivity contribution in [2.45, 2.75) is 26.9 Å². The molecule has 0 bridgehead atoms. The Balaban J connectivity index is 3.39. The summed E-state index contributed by atoms with van der Waals surface area (Å²) in [5.74, 6) is 0. The van der Waals surface area contributed by atoms with Gasteiger partial charge in [0.15, 0.2) is 0 Å². The second kappa shape index (κ2) is 3.77. The van der Waals surface area contributed by atoms with Crippen molar-refractivity contribution in [2.24, 2.45) is 11.5 Å². The molecule has 0 aromatic heterocycles. The number of nitrogens with two attached hydrogens (primary N) is 3. The van der Waals surface area contributed by atoms with Gasteiger partial charge in [0, 0.05) is 18.8 Å². The molecule has 72 valence electrons. The first-order chi connectivity index (χ1) is 6.11. The first-order valence-electron chi connectivity index (χ1n) is 4.39. The molecule has 0 radical (unpaired) electrons. The number of benzene rings is 1. The molecule has 0 amide bonds. The van der Waals surface area contributed by atoms with Gasteiger partial charge < -0.3 is 17.2 Å². The van der Waals surface area contributed by atoms with Gasteiger partial charge in [-0.15, -0.1) is 0 Å². The largest absolute Gasteiger partial charge is 0.398 e. The van der Waals surface area contributed by atoms with E-state index in [0.717, 1.165) is 22.4 Å². The van der Waals surface area contributed by atoms with Crippen LogP contribution in [-0.2, 0) is 13.1 Å². The van der Waals surface area contributed by atoms with Crippen LogP contribution in [0, 0.1) is 13.8 Å². The maximum absolute atomic E-state index is 5.82. The highest BCUT2D eigenvalue weighted by Gasteiger charge is 2.08. The van der Waals surface area contributed by atoms with Crippen LogP contribution in [0.15, 0.2) is 6.07 Å². The Hall–Kier alpha value is -1.06. The number of nitrogen functional groups attached to an aromatic ring is 1. The zero-order valence-corrected chi connectivity index (χ0v) is 8.22. The lowest BCUT2D eigenvalue weighted by atomic mass is 9.96. The van der Waals surface area contributed by atoms with E-state index < -0.39 is 0 Å². The third kappa shape index (κ3) is 1.66. The fourth-order valence-corrected chi connectivity index (χ4v) is 1.53. The predicted octanol–water partition coefficient (Wildman–Crippen LogP) is 0.803. The van der Waals surface area contributed by atoms with Crippen LogP contribution in [0.3, 0.4) is 0 Å². The van der Waals surface area contributed by atoms with E-state index in [-0.39, 0.29) is 0 Å². The standard InChI is InChI=1S/C10H17N3/c1-6-7(2)10(13)3-8(4-11)9(6)5-12/h3H,4-5,11-13H2,1-2H3. The van der Waals surface area contributed by atoms with Crippen molar-refractivity contribution in [3.63, 3.8) is 0 Å². The smallest absolute Gasteiger partial charge is 0.0349 e. The van der Waals surface area contributed by atoms with Crippen molar-refractivity contribution in [3.05, 3.63) is 28.3 Å². The molecule has 0 saturated carbocycles. The number of rotatable bonds is 2. The Morgan fingerprint density at radius 2 is 1.69 bits per heavy atom. The monoisotopic (exact) mass is 179 g/mol. The third-order valence-corrected chi connectivity index (χ3v) is 2.59. The van der Waals surface area contributed by atoms with Crippen molar-refractivity contribution < 1.29 is 0 Å². The molecule has 0 aliphatic rings. The summed E-state index contributed by atoms with van der Waals surface area (Å²) < 4.78 is 0. The lowest BCUT2D eigenvalue weighted by Gasteiger charge is -2.14. The van der Waals surface area contributed by atoms with Crippen LogP contribution in [0.2, 0.25) is 0 Å². The summed E-state index contributed by atoms with van der Waals surface area (Å²) in [7, 11) is 0. The first-order valence-corrected chi connectivity index (χ1v) is 4.39. The molecule has 0 aliphatic heterocycles. The Kier molecular flexibility index (Phi) is 2.90. The second-order valence-corrected chi connectivity index (χ2v) is 3.26. The van der Waals surface area contributed by atoms with Gasteiger partial charge in [-0.2, -0.15) is 0 Å². The minimum absolute atomic E-state index is 0.498. The van der Waals surface area contributed by atoms with E-state index in [1.165, 1.54) is 5.56 Å². The van der Waals surface area contributed by atoms with Gasteiger partial charge in [-0.25, -0.2) is 0 Å². The maximum Gasteiger partial charge on any atom is 0.0349 e. The molecule has 1 rings (SSSR count). The maximum atomic E-state index is 5.82. The van der Waals surface area contributed by atoms with E-state index >= 15 is 0 Å². The van der Waals surface area contributed by atoms with Crippen molar-refractivity contribution >= 4 is 5.69 Å². The summed E-state index contributed by atoms with van der Waals surface area (Å²) in [6.45, 7) is 5.06. The van der Waals surface area contributed by atoms with Crippen molar-refractivity contribution in [2.75, 3.05) is 5.73 Å². The van der Waals surface area contributed by atoms with E-state index in [1.54, 1.807) is 0 Å². The van der Waals surface area contributed by atoms with Gasteiger partial charge in [0.25, 0.3) is 0 Å². The van der Waals surface area contributed by atoms with E-state index in [9.17, 15) is 0 Å². The fraction of sp³-hybridized carbons (Fsp3) is 0.400. The topological polar surface area (TPSA) is 78.1 Å². The molecule has 1 aromatic carbocycles. The second-order valence-electron chi connectivity index (χ2n) is 3.26. The summed E-state index contributed by atoms with van der Waals surface area (Å²) in [5.41, 5.74) is 22.3. The van der Waals surface area contributed by atoms with E-state index in [4.69, 9.17) is 17.2 Å². The SMILES string of the molecule is Cc1c(N)cc(CN)c(CN)c1C. The Morgan fingerprint density at radius 1 is 1.08 bits per heavy atom. The lowest BCUT2D eigenvalue weighted by Crippen LogP contribution is -2.10. The Morgan fingerprint density at radius 3 is 2.15 bits per heavy atom. The highest BCUT2D eigenvalue weighted by atomic mass is 14.6. The van der Waals surface area contributed by atoms with Gasteiger partial charge in [-0.3, -0.25) is 0 Å². The highest BCUT2D eigenvalue weighted by molar-refractivity contribution is 5.56. The summed E-state index contributed by atoms with van der Waals surface area (Å²) in [6, 6.07) is 1.92. The van der Waals surface area contributed by atoms with Crippen LogP contribution in [0.25, 0.3) is 0 Å². The molecule has 0 spiro atoms. The molecule has 13 heavy (non-hydrogen) atoms. The van der Waals surface area contributed by atoms with Crippen molar-refractivity contribution in [3.8, 4) is 0 Å². The Bertz CT molecular complexity index is 318. The van der Waals surface area contributed by atoms with Gasteiger partial charge in [0.1, 0.15) is 0 Å².